The first-order valence-corrected chi connectivity index (χ1v) is 7.55. The van der Waals surface area contributed by atoms with Crippen LogP contribution in [0.25, 0.3) is 10.9 Å². The van der Waals surface area contributed by atoms with Gasteiger partial charge in [-0.05, 0) is 30.7 Å². The normalized spacial score (nSPS) is 10.9. The molecule has 2 aromatic rings. The summed E-state index contributed by atoms with van der Waals surface area (Å²) in [5.74, 6) is -0.0159. The molecule has 1 aromatic carbocycles. The summed E-state index contributed by atoms with van der Waals surface area (Å²) >= 11 is 6.10. The van der Waals surface area contributed by atoms with E-state index in [2.05, 4.69) is 10.1 Å². The van der Waals surface area contributed by atoms with Gasteiger partial charge in [0.2, 0.25) is 0 Å². The number of aromatic nitrogens is 1. The molecule has 0 N–H and O–H groups in total. The van der Waals surface area contributed by atoms with Crippen LogP contribution in [0.5, 0.6) is 5.75 Å². The van der Waals surface area contributed by atoms with Crippen molar-refractivity contribution in [3.8, 4) is 5.75 Å². The molecule has 0 atom stereocenters. The van der Waals surface area contributed by atoms with Crippen molar-refractivity contribution < 1.29 is 19.1 Å². The van der Waals surface area contributed by atoms with E-state index >= 15 is 0 Å². The first-order valence-electron chi connectivity index (χ1n) is 7.17. The molecule has 0 aliphatic rings. The second kappa shape index (κ2) is 8.95. The number of carbonyl (C=O) groups is 1. The predicted octanol–water partition coefficient (Wildman–Crippen LogP) is 3.22. The van der Waals surface area contributed by atoms with E-state index in [9.17, 15) is 4.79 Å². The third-order valence-corrected chi connectivity index (χ3v) is 3.12. The van der Waals surface area contributed by atoms with Crippen molar-refractivity contribution >= 4 is 34.7 Å². The number of oxime groups is 1. The standard InChI is InChI=1S/C16H17ClN2O4/c1-2-7-19-23-10-9-21-15(20)11-22-14-6-5-13(17)12-4-3-8-18-16(12)14/h3-8H,2,9-11H2,1H3/b19-7+. The molecular weight excluding hydrogens is 320 g/mol. The second-order valence-corrected chi connectivity index (χ2v) is 4.89. The summed E-state index contributed by atoms with van der Waals surface area (Å²) in [6.45, 7) is 2.04. The fourth-order valence-corrected chi connectivity index (χ4v) is 1.99. The molecule has 0 bridgehead atoms. The van der Waals surface area contributed by atoms with Crippen LogP contribution in [0, 0.1) is 0 Å². The van der Waals surface area contributed by atoms with Gasteiger partial charge in [0.25, 0.3) is 0 Å². The average Bonchev–Trinajstić information content (AvgIpc) is 2.58. The fraction of sp³-hybridized carbons (Fsp3) is 0.312. The van der Waals surface area contributed by atoms with Crippen molar-refractivity contribution in [1.29, 1.82) is 0 Å². The molecule has 0 saturated heterocycles. The van der Waals surface area contributed by atoms with Gasteiger partial charge in [-0.2, -0.15) is 0 Å². The predicted molar refractivity (Wildman–Crippen MR) is 87.9 cm³/mol. The third-order valence-electron chi connectivity index (χ3n) is 2.79. The van der Waals surface area contributed by atoms with E-state index in [1.54, 1.807) is 30.6 Å². The zero-order chi connectivity index (χ0) is 16.5. The van der Waals surface area contributed by atoms with Gasteiger partial charge < -0.3 is 14.3 Å². The Morgan fingerprint density at radius 3 is 3.04 bits per heavy atom. The quantitative estimate of drug-likeness (QED) is 0.320. The highest BCUT2D eigenvalue weighted by Crippen LogP contribution is 2.29. The van der Waals surface area contributed by atoms with Crippen molar-refractivity contribution in [3.05, 3.63) is 35.5 Å². The minimum atomic E-state index is -0.493. The van der Waals surface area contributed by atoms with Crippen LogP contribution in [0.3, 0.4) is 0 Å². The molecule has 122 valence electrons. The highest BCUT2D eigenvalue weighted by Gasteiger charge is 2.09. The van der Waals surface area contributed by atoms with Gasteiger partial charge in [0.1, 0.15) is 17.9 Å². The summed E-state index contributed by atoms with van der Waals surface area (Å²) in [7, 11) is 0. The molecule has 1 aromatic heterocycles. The summed E-state index contributed by atoms with van der Waals surface area (Å²) in [5, 5.41) is 5.00. The van der Waals surface area contributed by atoms with Gasteiger partial charge in [-0.3, -0.25) is 4.98 Å². The second-order valence-electron chi connectivity index (χ2n) is 4.48. The molecule has 0 aliphatic heterocycles. The van der Waals surface area contributed by atoms with Crippen molar-refractivity contribution in [3.63, 3.8) is 0 Å². The van der Waals surface area contributed by atoms with E-state index in [1.807, 2.05) is 13.0 Å². The summed E-state index contributed by atoms with van der Waals surface area (Å²) in [5.41, 5.74) is 0.602. The fourth-order valence-electron chi connectivity index (χ4n) is 1.78. The molecule has 7 heteroatoms. The number of hydrogen-bond acceptors (Lipinski definition) is 6. The van der Waals surface area contributed by atoms with E-state index in [1.165, 1.54) is 0 Å². The Morgan fingerprint density at radius 1 is 1.35 bits per heavy atom. The molecule has 1 heterocycles. The van der Waals surface area contributed by atoms with Gasteiger partial charge in [-0.1, -0.05) is 23.7 Å². The molecule has 6 nitrogen and oxygen atoms in total. The molecule has 0 aliphatic carbocycles. The Labute approximate surface area is 139 Å². The van der Waals surface area contributed by atoms with E-state index in [4.69, 9.17) is 25.9 Å². The van der Waals surface area contributed by atoms with Crippen LogP contribution in [0.2, 0.25) is 5.02 Å². The lowest BCUT2D eigenvalue weighted by molar-refractivity contribution is -0.147. The van der Waals surface area contributed by atoms with Crippen LogP contribution in [0.1, 0.15) is 13.3 Å². The van der Waals surface area contributed by atoms with Crippen LogP contribution in [-0.2, 0) is 14.4 Å². The van der Waals surface area contributed by atoms with Gasteiger partial charge >= 0.3 is 5.97 Å². The van der Waals surface area contributed by atoms with Crippen LogP contribution in [0.15, 0.2) is 35.6 Å². The highest BCUT2D eigenvalue weighted by molar-refractivity contribution is 6.35. The van der Waals surface area contributed by atoms with E-state index in [-0.39, 0.29) is 19.8 Å². The van der Waals surface area contributed by atoms with Crippen LogP contribution < -0.4 is 4.74 Å². The van der Waals surface area contributed by atoms with Gasteiger partial charge in [-0.25, -0.2) is 4.79 Å². The van der Waals surface area contributed by atoms with E-state index in [0.29, 0.717) is 16.3 Å². The lowest BCUT2D eigenvalue weighted by Gasteiger charge is -2.09. The smallest absolute Gasteiger partial charge is 0.344 e. The number of nitrogens with zero attached hydrogens (tertiary/aromatic N) is 2. The number of benzene rings is 1. The lowest BCUT2D eigenvalue weighted by Crippen LogP contribution is -2.17. The minimum absolute atomic E-state index is 0.114. The van der Waals surface area contributed by atoms with Crippen molar-refractivity contribution in [2.24, 2.45) is 5.16 Å². The number of fused-ring (bicyclic) bond motifs is 1. The Bertz CT molecular complexity index is 691. The van der Waals surface area contributed by atoms with Crippen LogP contribution in [-0.4, -0.2) is 37.0 Å². The van der Waals surface area contributed by atoms with Gasteiger partial charge in [0.05, 0.1) is 5.02 Å². The molecule has 0 radical (unpaired) electrons. The van der Waals surface area contributed by atoms with E-state index in [0.717, 1.165) is 11.8 Å². The van der Waals surface area contributed by atoms with Crippen LogP contribution in [0.4, 0.5) is 0 Å². The Kier molecular flexibility index (Phi) is 6.62. The minimum Gasteiger partial charge on any atom is -0.480 e. The zero-order valence-corrected chi connectivity index (χ0v) is 13.5. The Morgan fingerprint density at radius 2 is 2.22 bits per heavy atom. The topological polar surface area (TPSA) is 70.0 Å². The maximum absolute atomic E-state index is 11.6. The van der Waals surface area contributed by atoms with E-state index < -0.39 is 5.97 Å². The largest absolute Gasteiger partial charge is 0.480 e. The number of rotatable bonds is 8. The molecule has 23 heavy (non-hydrogen) atoms. The first-order chi connectivity index (χ1) is 11.2. The Balaban J connectivity index is 1.83. The van der Waals surface area contributed by atoms with Crippen molar-refractivity contribution in [2.45, 2.75) is 13.3 Å². The highest BCUT2D eigenvalue weighted by atomic mass is 35.5. The monoisotopic (exact) mass is 336 g/mol. The van der Waals surface area contributed by atoms with Crippen LogP contribution >= 0.6 is 11.6 Å². The molecular formula is C16H17ClN2O4. The SMILES string of the molecule is CC/C=N/OCCOC(=O)COc1ccc(Cl)c2cccnc12. The molecule has 0 fully saturated rings. The summed E-state index contributed by atoms with van der Waals surface area (Å²) < 4.78 is 10.4. The van der Waals surface area contributed by atoms with Crippen molar-refractivity contribution in [2.75, 3.05) is 19.8 Å². The summed E-state index contributed by atoms with van der Waals surface area (Å²) in [6.07, 6.45) is 4.05. The molecule has 0 amide bonds. The van der Waals surface area contributed by atoms with Gasteiger partial charge in [0, 0.05) is 17.8 Å². The number of ether oxygens (including phenoxy) is 2. The summed E-state index contributed by atoms with van der Waals surface area (Å²) in [6, 6.07) is 7.00. The number of hydrogen-bond donors (Lipinski definition) is 0. The third kappa shape index (κ3) is 5.10. The number of halogens is 1. The van der Waals surface area contributed by atoms with Gasteiger partial charge in [-0.15, -0.1) is 0 Å². The number of esters is 1. The first kappa shape index (κ1) is 17.0. The number of carbonyl (C=O) groups excluding carboxylic acids is 1. The zero-order valence-electron chi connectivity index (χ0n) is 12.7. The van der Waals surface area contributed by atoms with Crippen molar-refractivity contribution in [1.82, 2.24) is 4.98 Å². The maximum Gasteiger partial charge on any atom is 0.344 e. The van der Waals surface area contributed by atoms with Gasteiger partial charge in [0.15, 0.2) is 13.2 Å². The molecule has 0 saturated carbocycles. The lowest BCUT2D eigenvalue weighted by atomic mass is 10.2. The molecule has 2 rings (SSSR count). The average molecular weight is 337 g/mol. The Hall–Kier alpha value is -2.34. The number of pyridine rings is 1. The maximum atomic E-state index is 11.6. The molecule has 0 unspecified atom stereocenters. The summed E-state index contributed by atoms with van der Waals surface area (Å²) in [4.78, 5) is 20.7. The molecule has 0 spiro atoms.